The molecule has 0 saturated carbocycles. The van der Waals surface area contributed by atoms with Gasteiger partial charge in [0.2, 0.25) is 11.8 Å². The summed E-state index contributed by atoms with van der Waals surface area (Å²) in [7, 11) is 0. The van der Waals surface area contributed by atoms with E-state index in [2.05, 4.69) is 5.32 Å². The third kappa shape index (κ3) is 3.17. The molecule has 0 aromatic carbocycles. The van der Waals surface area contributed by atoms with Crippen molar-refractivity contribution in [3.8, 4) is 0 Å². The van der Waals surface area contributed by atoms with Crippen molar-refractivity contribution >= 4 is 17.8 Å². The number of imide groups is 1. The van der Waals surface area contributed by atoms with Gasteiger partial charge in [0.25, 0.3) is 0 Å². The van der Waals surface area contributed by atoms with Gasteiger partial charge >= 0.3 is 5.97 Å². The highest BCUT2D eigenvalue weighted by molar-refractivity contribution is 6.06. The van der Waals surface area contributed by atoms with Gasteiger partial charge in [-0.15, -0.1) is 0 Å². The van der Waals surface area contributed by atoms with Crippen LogP contribution in [0, 0.1) is 0 Å². The zero-order valence-corrected chi connectivity index (χ0v) is 12.6. The molecule has 2 amide bonds. The Labute approximate surface area is 119 Å². The fourth-order valence-corrected chi connectivity index (χ4v) is 2.53. The molecule has 0 aromatic rings. The molecule has 0 spiro atoms. The molecule has 6 heteroatoms. The molecule has 1 aliphatic heterocycles. The Morgan fingerprint density at radius 2 is 2.10 bits per heavy atom. The van der Waals surface area contributed by atoms with Crippen molar-refractivity contribution < 1.29 is 19.5 Å². The third-order valence-corrected chi connectivity index (χ3v) is 3.93. The number of carboxylic acids is 1. The van der Waals surface area contributed by atoms with Gasteiger partial charge < -0.3 is 5.11 Å². The molecule has 1 heterocycles. The third-order valence-electron chi connectivity index (χ3n) is 3.93. The minimum absolute atomic E-state index is 0.0375. The maximum Gasteiger partial charge on any atom is 0.323 e. The van der Waals surface area contributed by atoms with Gasteiger partial charge in [0, 0.05) is 6.04 Å². The van der Waals surface area contributed by atoms with Crippen molar-refractivity contribution in [1.29, 1.82) is 0 Å². The molecule has 1 rings (SSSR count). The van der Waals surface area contributed by atoms with Crippen molar-refractivity contribution in [2.45, 2.75) is 71.0 Å². The fraction of sp³-hybridized carbons (Fsp3) is 0.786. The predicted octanol–water partition coefficient (Wildman–Crippen LogP) is 1.15. The maximum absolute atomic E-state index is 12.3. The average Bonchev–Trinajstić information content (AvgIpc) is 2.63. The molecule has 3 unspecified atom stereocenters. The molecule has 1 aliphatic rings. The summed E-state index contributed by atoms with van der Waals surface area (Å²) in [6, 6.07) is -0.881. The number of amides is 2. The lowest BCUT2D eigenvalue weighted by Crippen LogP contribution is -2.56. The van der Waals surface area contributed by atoms with E-state index in [9.17, 15) is 19.5 Å². The Morgan fingerprint density at radius 3 is 2.55 bits per heavy atom. The van der Waals surface area contributed by atoms with Gasteiger partial charge in [-0.1, -0.05) is 20.3 Å². The molecule has 0 aliphatic carbocycles. The van der Waals surface area contributed by atoms with Crippen molar-refractivity contribution in [2.75, 3.05) is 0 Å². The molecule has 0 radical (unpaired) electrons. The summed E-state index contributed by atoms with van der Waals surface area (Å²) in [5, 5.41) is 12.2. The number of hydrogen-bond acceptors (Lipinski definition) is 4. The normalized spacial score (nSPS) is 23.8. The average molecular weight is 284 g/mol. The van der Waals surface area contributed by atoms with Crippen molar-refractivity contribution in [2.24, 2.45) is 0 Å². The predicted molar refractivity (Wildman–Crippen MR) is 74.1 cm³/mol. The van der Waals surface area contributed by atoms with Gasteiger partial charge in [-0.05, 0) is 26.7 Å². The minimum atomic E-state index is -1.18. The summed E-state index contributed by atoms with van der Waals surface area (Å²) in [6.07, 6.45) is 1.81. The van der Waals surface area contributed by atoms with Crippen LogP contribution in [0.1, 0.15) is 53.4 Å². The van der Waals surface area contributed by atoms with Crippen molar-refractivity contribution in [3.05, 3.63) is 0 Å². The van der Waals surface area contributed by atoms with Gasteiger partial charge in [0.15, 0.2) is 0 Å². The lowest BCUT2D eigenvalue weighted by atomic mass is 9.94. The molecule has 0 aromatic heterocycles. The summed E-state index contributed by atoms with van der Waals surface area (Å²) in [4.78, 5) is 36.8. The standard InChI is InChI=1S/C14H24N2O4/c1-5-7-14(4,13(19)20)15-10-8-11(17)16(12(10)18)9(3)6-2/h9-10,15H,5-8H2,1-4H3,(H,19,20). The first-order valence-electron chi connectivity index (χ1n) is 7.13. The van der Waals surface area contributed by atoms with E-state index in [1.165, 1.54) is 4.90 Å². The van der Waals surface area contributed by atoms with E-state index in [0.29, 0.717) is 19.3 Å². The topological polar surface area (TPSA) is 86.7 Å². The number of rotatable bonds is 7. The summed E-state index contributed by atoms with van der Waals surface area (Å²) < 4.78 is 0. The van der Waals surface area contributed by atoms with Crippen LogP contribution in [0.5, 0.6) is 0 Å². The smallest absolute Gasteiger partial charge is 0.323 e. The monoisotopic (exact) mass is 284 g/mol. The van der Waals surface area contributed by atoms with Crippen LogP contribution in [-0.2, 0) is 14.4 Å². The van der Waals surface area contributed by atoms with Crippen LogP contribution in [0.3, 0.4) is 0 Å². The number of carboxylic acid groups (broad SMARTS) is 1. The van der Waals surface area contributed by atoms with Gasteiger partial charge in [-0.3, -0.25) is 24.6 Å². The lowest BCUT2D eigenvalue weighted by Gasteiger charge is -2.29. The Morgan fingerprint density at radius 1 is 1.50 bits per heavy atom. The Balaban J connectivity index is 2.86. The van der Waals surface area contributed by atoms with Gasteiger partial charge in [-0.2, -0.15) is 0 Å². The molecule has 3 atom stereocenters. The second kappa shape index (κ2) is 6.35. The van der Waals surface area contributed by atoms with E-state index in [4.69, 9.17) is 0 Å². The Bertz CT molecular complexity index is 410. The van der Waals surface area contributed by atoms with Gasteiger partial charge in [-0.25, -0.2) is 0 Å². The highest BCUT2D eigenvalue weighted by Gasteiger charge is 2.45. The number of carbonyl (C=O) groups excluding carboxylic acids is 2. The van der Waals surface area contributed by atoms with Gasteiger partial charge in [0.1, 0.15) is 5.54 Å². The minimum Gasteiger partial charge on any atom is -0.480 e. The molecule has 2 N–H and O–H groups in total. The van der Waals surface area contributed by atoms with E-state index in [-0.39, 0.29) is 24.3 Å². The highest BCUT2D eigenvalue weighted by atomic mass is 16.4. The maximum atomic E-state index is 12.3. The fourth-order valence-electron chi connectivity index (χ4n) is 2.53. The highest BCUT2D eigenvalue weighted by Crippen LogP contribution is 2.22. The molecule has 0 bridgehead atoms. The van der Waals surface area contributed by atoms with Crippen LogP contribution < -0.4 is 5.32 Å². The van der Waals surface area contributed by atoms with Crippen LogP contribution in [0.2, 0.25) is 0 Å². The SMILES string of the molecule is CCCC(C)(NC1CC(=O)N(C(C)CC)C1=O)C(=O)O. The van der Waals surface area contributed by atoms with Crippen LogP contribution in [0.15, 0.2) is 0 Å². The molecule has 1 saturated heterocycles. The Hall–Kier alpha value is -1.43. The van der Waals surface area contributed by atoms with E-state index >= 15 is 0 Å². The van der Waals surface area contributed by atoms with Crippen LogP contribution in [-0.4, -0.2) is 45.4 Å². The first-order valence-corrected chi connectivity index (χ1v) is 7.13. The molecule has 1 fully saturated rings. The quantitative estimate of drug-likeness (QED) is 0.685. The van der Waals surface area contributed by atoms with Crippen LogP contribution in [0.4, 0.5) is 0 Å². The van der Waals surface area contributed by atoms with E-state index in [0.717, 1.165) is 0 Å². The molecular weight excluding hydrogens is 260 g/mol. The van der Waals surface area contributed by atoms with Crippen LogP contribution in [0.25, 0.3) is 0 Å². The van der Waals surface area contributed by atoms with E-state index < -0.39 is 17.6 Å². The zero-order valence-electron chi connectivity index (χ0n) is 12.6. The molecular formula is C14H24N2O4. The largest absolute Gasteiger partial charge is 0.480 e. The number of nitrogens with one attached hydrogen (secondary N) is 1. The summed E-state index contributed by atoms with van der Waals surface area (Å²) in [6.45, 7) is 7.17. The first-order chi connectivity index (χ1) is 9.26. The van der Waals surface area contributed by atoms with Crippen molar-refractivity contribution in [3.63, 3.8) is 0 Å². The van der Waals surface area contributed by atoms with Crippen LogP contribution >= 0.6 is 0 Å². The molecule has 6 nitrogen and oxygen atoms in total. The zero-order chi connectivity index (χ0) is 15.5. The second-order valence-electron chi connectivity index (χ2n) is 5.65. The van der Waals surface area contributed by atoms with Crippen molar-refractivity contribution in [1.82, 2.24) is 10.2 Å². The van der Waals surface area contributed by atoms with Gasteiger partial charge in [0.05, 0.1) is 12.5 Å². The van der Waals surface area contributed by atoms with E-state index in [1.807, 2.05) is 20.8 Å². The summed E-state index contributed by atoms with van der Waals surface area (Å²) >= 11 is 0. The van der Waals surface area contributed by atoms with E-state index in [1.54, 1.807) is 6.92 Å². The second-order valence-corrected chi connectivity index (χ2v) is 5.65. The summed E-state index contributed by atoms with van der Waals surface area (Å²) in [5.41, 5.74) is -1.18. The number of aliphatic carboxylic acids is 1. The summed E-state index contributed by atoms with van der Waals surface area (Å²) in [5.74, 6) is -1.54. The number of carbonyl (C=O) groups is 3. The number of likely N-dealkylation sites (tertiary alicyclic amines) is 1. The Kier molecular flexibility index (Phi) is 5.28. The number of hydrogen-bond donors (Lipinski definition) is 2. The molecule has 114 valence electrons. The number of nitrogens with zero attached hydrogens (tertiary/aromatic N) is 1. The first kappa shape index (κ1) is 16.6. The lowest BCUT2D eigenvalue weighted by molar-refractivity contribution is -0.145. The molecule has 20 heavy (non-hydrogen) atoms.